The molecule has 3 rings (SSSR count). The van der Waals surface area contributed by atoms with Crippen LogP contribution in [-0.4, -0.2) is 21.6 Å². The van der Waals surface area contributed by atoms with Crippen LogP contribution in [-0.2, 0) is 30.6 Å². The molecule has 2 heterocycles. The fraction of sp³-hybridized carbons (Fsp3) is 0.524. The summed E-state index contributed by atoms with van der Waals surface area (Å²) in [6.45, 7) is 6.64. The van der Waals surface area contributed by atoms with Gasteiger partial charge in [-0.25, -0.2) is 0 Å². The Morgan fingerprint density at radius 2 is 2.17 bits per heavy atom. The van der Waals surface area contributed by atoms with E-state index in [0.29, 0.717) is 30.2 Å². The summed E-state index contributed by atoms with van der Waals surface area (Å²) in [5.74, 6) is 0.155. The molecule has 154 valence electrons. The average molecular weight is 414 g/mol. The van der Waals surface area contributed by atoms with Crippen LogP contribution < -0.4 is 10.9 Å². The summed E-state index contributed by atoms with van der Waals surface area (Å²) in [4.78, 5) is 26.5. The van der Waals surface area contributed by atoms with Gasteiger partial charge >= 0.3 is 0 Å². The van der Waals surface area contributed by atoms with E-state index < -0.39 is 0 Å². The number of hydrogen-bond donors (Lipinski definition) is 2. The molecule has 2 amide bonds. The summed E-state index contributed by atoms with van der Waals surface area (Å²) in [6.07, 6.45) is 4.41. The van der Waals surface area contributed by atoms with E-state index in [9.17, 15) is 9.59 Å². The molecule has 8 heteroatoms. The summed E-state index contributed by atoms with van der Waals surface area (Å²) in [6, 6.07) is 4.07. The normalized spacial score (nSPS) is 15.4. The standard InChI is InChI=1S/C21H27N5O2S/c1-13-5-7-18-16(11-13)12-19(29-18)21(28)24-23-20(27)8-6-17-14(2)25-26(15(17)3)10-4-9-22/h12-13H,4-8,10-11H2,1-3H3,(H,23,27)(H,24,28). The molecule has 29 heavy (non-hydrogen) atoms. The largest absolute Gasteiger partial charge is 0.279 e. The second kappa shape index (κ2) is 9.23. The molecule has 7 nitrogen and oxygen atoms in total. The summed E-state index contributed by atoms with van der Waals surface area (Å²) < 4.78 is 1.81. The topological polar surface area (TPSA) is 99.8 Å². The Morgan fingerprint density at radius 3 is 2.93 bits per heavy atom. The van der Waals surface area contributed by atoms with Gasteiger partial charge in [-0.15, -0.1) is 11.3 Å². The second-order valence-electron chi connectivity index (χ2n) is 7.69. The number of nitrogens with zero attached hydrogens (tertiary/aromatic N) is 3. The molecule has 0 bridgehead atoms. The number of hydrogen-bond acceptors (Lipinski definition) is 5. The summed E-state index contributed by atoms with van der Waals surface area (Å²) >= 11 is 1.52. The molecule has 1 aliphatic carbocycles. The number of hydrazine groups is 1. The monoisotopic (exact) mass is 413 g/mol. The smallest absolute Gasteiger partial charge is 0.273 e. The van der Waals surface area contributed by atoms with Gasteiger partial charge in [-0.05, 0) is 62.6 Å². The van der Waals surface area contributed by atoms with Crippen LogP contribution in [0, 0.1) is 31.1 Å². The number of thiophene rings is 1. The Hall–Kier alpha value is -2.66. The van der Waals surface area contributed by atoms with Gasteiger partial charge in [0.1, 0.15) is 0 Å². The van der Waals surface area contributed by atoms with Crippen molar-refractivity contribution in [3.05, 3.63) is 38.3 Å². The van der Waals surface area contributed by atoms with Gasteiger partial charge in [-0.3, -0.25) is 25.1 Å². The van der Waals surface area contributed by atoms with Crippen molar-refractivity contribution >= 4 is 23.2 Å². The van der Waals surface area contributed by atoms with Crippen molar-refractivity contribution in [3.8, 4) is 6.07 Å². The molecule has 0 spiro atoms. The first-order valence-electron chi connectivity index (χ1n) is 9.99. The third-order valence-electron chi connectivity index (χ3n) is 5.44. The van der Waals surface area contributed by atoms with E-state index in [1.807, 2.05) is 24.6 Å². The average Bonchev–Trinajstić information content (AvgIpc) is 3.23. The third kappa shape index (κ3) is 5.04. The van der Waals surface area contributed by atoms with Crippen LogP contribution in [0.3, 0.4) is 0 Å². The van der Waals surface area contributed by atoms with E-state index in [4.69, 9.17) is 5.26 Å². The molecule has 1 unspecified atom stereocenters. The van der Waals surface area contributed by atoms with Crippen molar-refractivity contribution in [1.82, 2.24) is 20.6 Å². The minimum Gasteiger partial charge on any atom is -0.273 e. The highest BCUT2D eigenvalue weighted by atomic mass is 32.1. The lowest BCUT2D eigenvalue weighted by atomic mass is 9.90. The first-order chi connectivity index (χ1) is 13.9. The molecule has 0 radical (unpaired) electrons. The van der Waals surface area contributed by atoms with Gasteiger partial charge in [0.2, 0.25) is 5.91 Å². The summed E-state index contributed by atoms with van der Waals surface area (Å²) in [7, 11) is 0. The number of fused-ring (bicyclic) bond motifs is 1. The molecule has 2 aromatic rings. The number of aryl methyl sites for hydroxylation is 3. The van der Waals surface area contributed by atoms with E-state index in [2.05, 4.69) is 28.9 Å². The van der Waals surface area contributed by atoms with Crippen molar-refractivity contribution in [2.24, 2.45) is 5.92 Å². The van der Waals surface area contributed by atoms with Crippen LogP contribution in [0.2, 0.25) is 0 Å². The minimum atomic E-state index is -0.262. The zero-order valence-electron chi connectivity index (χ0n) is 17.2. The van der Waals surface area contributed by atoms with Gasteiger partial charge in [-0.2, -0.15) is 10.4 Å². The van der Waals surface area contributed by atoms with Gasteiger partial charge < -0.3 is 0 Å². The number of carbonyl (C=O) groups is 2. The van der Waals surface area contributed by atoms with Crippen molar-refractivity contribution < 1.29 is 9.59 Å². The zero-order chi connectivity index (χ0) is 21.0. The number of nitriles is 1. The SMILES string of the molecule is Cc1nn(CCC#N)c(C)c1CCC(=O)NNC(=O)c1cc2c(s1)CCC(C)C2. The maximum atomic E-state index is 12.4. The maximum Gasteiger partial charge on any atom is 0.279 e. The van der Waals surface area contributed by atoms with Crippen molar-refractivity contribution in [3.63, 3.8) is 0 Å². The van der Waals surface area contributed by atoms with Crippen molar-refractivity contribution in [2.75, 3.05) is 0 Å². The molecule has 1 atom stereocenters. The Kier molecular flexibility index (Phi) is 6.70. The van der Waals surface area contributed by atoms with E-state index in [1.165, 1.54) is 21.8 Å². The lowest BCUT2D eigenvalue weighted by molar-refractivity contribution is -0.121. The molecule has 0 aliphatic heterocycles. The Morgan fingerprint density at radius 1 is 1.38 bits per heavy atom. The van der Waals surface area contributed by atoms with Crippen LogP contribution in [0.25, 0.3) is 0 Å². The minimum absolute atomic E-state index is 0.239. The van der Waals surface area contributed by atoms with Gasteiger partial charge in [0.05, 0.1) is 29.6 Å². The van der Waals surface area contributed by atoms with Crippen LogP contribution in [0.4, 0.5) is 0 Å². The highest BCUT2D eigenvalue weighted by Crippen LogP contribution is 2.32. The van der Waals surface area contributed by atoms with Gasteiger partial charge in [0, 0.05) is 17.0 Å². The number of nitrogens with one attached hydrogen (secondary N) is 2. The molecule has 2 aromatic heterocycles. The summed E-state index contributed by atoms with van der Waals surface area (Å²) in [5, 5.41) is 13.2. The number of rotatable bonds is 6. The fourth-order valence-corrected chi connectivity index (χ4v) is 4.88. The molecular formula is C21H27N5O2S. The molecule has 1 aliphatic rings. The number of aromatic nitrogens is 2. The van der Waals surface area contributed by atoms with E-state index in [1.54, 1.807) is 0 Å². The third-order valence-corrected chi connectivity index (χ3v) is 6.67. The van der Waals surface area contributed by atoms with E-state index >= 15 is 0 Å². The molecule has 0 saturated heterocycles. The first kappa shape index (κ1) is 21.1. The van der Waals surface area contributed by atoms with Crippen LogP contribution >= 0.6 is 11.3 Å². The lowest BCUT2D eigenvalue weighted by Gasteiger charge is -2.16. The zero-order valence-corrected chi connectivity index (χ0v) is 18.0. The van der Waals surface area contributed by atoms with E-state index in [0.717, 1.165) is 36.2 Å². The molecule has 0 saturated carbocycles. The quantitative estimate of drug-likeness (QED) is 0.711. The highest BCUT2D eigenvalue weighted by Gasteiger charge is 2.21. The van der Waals surface area contributed by atoms with Crippen LogP contribution in [0.1, 0.15) is 63.2 Å². The highest BCUT2D eigenvalue weighted by molar-refractivity contribution is 7.14. The Balaban J connectivity index is 1.50. The van der Waals surface area contributed by atoms with E-state index in [-0.39, 0.29) is 18.2 Å². The Labute approximate surface area is 175 Å². The number of amides is 2. The van der Waals surface area contributed by atoms with Gasteiger partial charge in [-0.1, -0.05) is 6.92 Å². The van der Waals surface area contributed by atoms with Crippen LogP contribution in [0.5, 0.6) is 0 Å². The predicted octanol–water partition coefficient (Wildman–Crippen LogP) is 2.99. The molecule has 0 aromatic carbocycles. The van der Waals surface area contributed by atoms with Crippen molar-refractivity contribution in [2.45, 2.75) is 65.8 Å². The number of carbonyl (C=O) groups excluding carboxylic acids is 2. The van der Waals surface area contributed by atoms with Gasteiger partial charge in [0.25, 0.3) is 5.91 Å². The van der Waals surface area contributed by atoms with Crippen molar-refractivity contribution in [1.29, 1.82) is 5.26 Å². The van der Waals surface area contributed by atoms with Gasteiger partial charge in [0.15, 0.2) is 0 Å². The lowest BCUT2D eigenvalue weighted by Crippen LogP contribution is -2.41. The molecule has 0 fully saturated rings. The molecular weight excluding hydrogens is 386 g/mol. The predicted molar refractivity (Wildman–Crippen MR) is 111 cm³/mol. The maximum absolute atomic E-state index is 12.4. The second-order valence-corrected chi connectivity index (χ2v) is 8.83. The Bertz CT molecular complexity index is 953. The summed E-state index contributed by atoms with van der Waals surface area (Å²) in [5.41, 5.74) is 9.19. The first-order valence-corrected chi connectivity index (χ1v) is 10.8. The van der Waals surface area contributed by atoms with Crippen LogP contribution in [0.15, 0.2) is 6.07 Å². The fourth-order valence-electron chi connectivity index (χ4n) is 3.78. The molecule has 2 N–H and O–H groups in total.